The molecule has 0 bridgehead atoms. The zero-order valence-corrected chi connectivity index (χ0v) is 18.7. The van der Waals surface area contributed by atoms with Crippen molar-refractivity contribution in [1.29, 1.82) is 0 Å². The lowest BCUT2D eigenvalue weighted by molar-refractivity contribution is 0.0230. The van der Waals surface area contributed by atoms with Gasteiger partial charge in [-0.15, -0.1) is 6.42 Å². The Balaban J connectivity index is 1.90. The standard InChI is InChI=1S/C25H31N3O4/c1-4-14-30-19-21(29)16-27(17-22-13-10-15-31-22)18-23-24(20-11-8-7-9-12-20)26-32-25(23)28(5-2)6-3/h1,7-13,15,21,29H,5-6,14,16-19H2,2-3H3. The van der Waals surface area contributed by atoms with Crippen molar-refractivity contribution in [2.45, 2.75) is 33.0 Å². The SMILES string of the molecule is C#CCOCC(O)CN(Cc1ccco1)Cc1c(-c2ccccc2)noc1N(CC)CC. The number of hydrogen-bond donors (Lipinski definition) is 1. The number of aliphatic hydroxyl groups is 1. The van der Waals surface area contributed by atoms with Gasteiger partial charge in [0.25, 0.3) is 0 Å². The van der Waals surface area contributed by atoms with Gasteiger partial charge in [-0.2, -0.15) is 0 Å². The summed E-state index contributed by atoms with van der Waals surface area (Å²) in [7, 11) is 0. The Bertz CT molecular complexity index is 959. The second-order valence-electron chi connectivity index (χ2n) is 7.48. The lowest BCUT2D eigenvalue weighted by Crippen LogP contribution is -2.35. The molecule has 0 amide bonds. The van der Waals surface area contributed by atoms with Crippen LogP contribution in [-0.2, 0) is 17.8 Å². The summed E-state index contributed by atoms with van der Waals surface area (Å²) < 4.78 is 16.7. The van der Waals surface area contributed by atoms with Crippen LogP contribution in [0.15, 0.2) is 57.7 Å². The summed E-state index contributed by atoms with van der Waals surface area (Å²) in [6.45, 7) is 7.53. The Hall–Kier alpha value is -3.05. The number of benzene rings is 1. The number of anilines is 1. The predicted molar refractivity (Wildman–Crippen MR) is 124 cm³/mol. The zero-order chi connectivity index (χ0) is 22.8. The van der Waals surface area contributed by atoms with Gasteiger partial charge in [0.2, 0.25) is 5.88 Å². The highest BCUT2D eigenvalue weighted by molar-refractivity contribution is 5.68. The molecule has 0 aliphatic heterocycles. The fourth-order valence-electron chi connectivity index (χ4n) is 3.66. The number of aromatic nitrogens is 1. The van der Waals surface area contributed by atoms with E-state index in [1.807, 2.05) is 42.5 Å². The predicted octanol–water partition coefficient (Wildman–Crippen LogP) is 3.79. The van der Waals surface area contributed by atoms with E-state index in [0.29, 0.717) is 19.6 Å². The molecular formula is C25H31N3O4. The lowest BCUT2D eigenvalue weighted by atomic mass is 10.1. The van der Waals surface area contributed by atoms with Crippen molar-refractivity contribution in [2.75, 3.05) is 37.7 Å². The quantitative estimate of drug-likeness (QED) is 0.322. The summed E-state index contributed by atoms with van der Waals surface area (Å²) in [5.74, 6) is 3.98. The summed E-state index contributed by atoms with van der Waals surface area (Å²) in [5.41, 5.74) is 2.76. The molecule has 3 rings (SSSR count). The maximum absolute atomic E-state index is 10.5. The van der Waals surface area contributed by atoms with Gasteiger partial charge in [0, 0.05) is 31.7 Å². The molecular weight excluding hydrogens is 406 g/mol. The van der Waals surface area contributed by atoms with Gasteiger partial charge in [0.05, 0.1) is 31.1 Å². The summed E-state index contributed by atoms with van der Waals surface area (Å²) in [6.07, 6.45) is 6.19. The van der Waals surface area contributed by atoms with Gasteiger partial charge in [0.15, 0.2) is 0 Å². The van der Waals surface area contributed by atoms with Crippen molar-refractivity contribution in [3.8, 4) is 23.6 Å². The first-order chi connectivity index (χ1) is 15.7. The fourth-order valence-corrected chi connectivity index (χ4v) is 3.66. The van der Waals surface area contributed by atoms with E-state index in [0.717, 1.165) is 41.6 Å². The molecule has 0 saturated heterocycles. The molecule has 0 aliphatic rings. The maximum Gasteiger partial charge on any atom is 0.232 e. The molecule has 3 aromatic rings. The highest BCUT2D eigenvalue weighted by Crippen LogP contribution is 2.32. The van der Waals surface area contributed by atoms with Gasteiger partial charge in [-0.25, -0.2) is 0 Å². The van der Waals surface area contributed by atoms with Crippen LogP contribution in [0.4, 0.5) is 5.88 Å². The van der Waals surface area contributed by atoms with Gasteiger partial charge in [-0.05, 0) is 26.0 Å². The summed E-state index contributed by atoms with van der Waals surface area (Å²) in [4.78, 5) is 4.25. The molecule has 0 fully saturated rings. The molecule has 1 unspecified atom stereocenters. The summed E-state index contributed by atoms with van der Waals surface area (Å²) >= 11 is 0. The van der Waals surface area contributed by atoms with E-state index in [-0.39, 0.29) is 13.2 Å². The van der Waals surface area contributed by atoms with Crippen molar-refractivity contribution in [2.24, 2.45) is 0 Å². The van der Waals surface area contributed by atoms with Crippen molar-refractivity contribution in [1.82, 2.24) is 10.1 Å². The first-order valence-electron chi connectivity index (χ1n) is 10.9. The second-order valence-corrected chi connectivity index (χ2v) is 7.48. The zero-order valence-electron chi connectivity index (χ0n) is 18.7. The van der Waals surface area contributed by atoms with Crippen LogP contribution >= 0.6 is 0 Å². The summed E-state index contributed by atoms with van der Waals surface area (Å²) in [6, 6.07) is 13.8. The minimum atomic E-state index is -0.699. The first-order valence-corrected chi connectivity index (χ1v) is 10.9. The molecule has 1 atom stereocenters. The molecule has 1 N–H and O–H groups in total. The van der Waals surface area contributed by atoms with Crippen molar-refractivity contribution < 1.29 is 18.8 Å². The number of furan rings is 1. The van der Waals surface area contributed by atoms with E-state index in [2.05, 4.69) is 34.7 Å². The van der Waals surface area contributed by atoms with Gasteiger partial charge in [-0.1, -0.05) is 41.4 Å². The van der Waals surface area contributed by atoms with Gasteiger partial charge in [-0.3, -0.25) is 4.90 Å². The fraction of sp³-hybridized carbons (Fsp3) is 0.400. The van der Waals surface area contributed by atoms with Gasteiger partial charge in [0.1, 0.15) is 18.1 Å². The number of hydrogen-bond acceptors (Lipinski definition) is 7. The van der Waals surface area contributed by atoms with Crippen molar-refractivity contribution in [3.63, 3.8) is 0 Å². The van der Waals surface area contributed by atoms with Crippen molar-refractivity contribution >= 4 is 5.88 Å². The third-order valence-corrected chi connectivity index (χ3v) is 5.17. The Morgan fingerprint density at radius 2 is 1.91 bits per heavy atom. The first kappa shape index (κ1) is 23.6. The Labute approximate surface area is 189 Å². The lowest BCUT2D eigenvalue weighted by Gasteiger charge is -2.26. The van der Waals surface area contributed by atoms with Gasteiger partial charge < -0.3 is 23.7 Å². The van der Waals surface area contributed by atoms with Crippen LogP contribution in [0.3, 0.4) is 0 Å². The van der Waals surface area contributed by atoms with E-state index in [9.17, 15) is 5.11 Å². The Morgan fingerprint density at radius 1 is 1.12 bits per heavy atom. The molecule has 2 heterocycles. The largest absolute Gasteiger partial charge is 0.468 e. The molecule has 2 aromatic heterocycles. The Kier molecular flexibility index (Phi) is 8.93. The molecule has 7 heteroatoms. The number of aliphatic hydroxyl groups excluding tert-OH is 1. The normalized spacial score (nSPS) is 12.1. The Morgan fingerprint density at radius 3 is 2.56 bits per heavy atom. The highest BCUT2D eigenvalue weighted by Gasteiger charge is 2.25. The average Bonchev–Trinajstić information content (AvgIpc) is 3.46. The summed E-state index contributed by atoms with van der Waals surface area (Å²) in [5, 5.41) is 15.0. The van der Waals surface area contributed by atoms with E-state index in [1.54, 1.807) is 6.26 Å². The molecule has 0 aliphatic carbocycles. The van der Waals surface area contributed by atoms with Gasteiger partial charge >= 0.3 is 0 Å². The number of ether oxygens (including phenoxy) is 1. The number of terminal acetylenes is 1. The van der Waals surface area contributed by atoms with Crippen LogP contribution in [0.2, 0.25) is 0 Å². The topological polar surface area (TPSA) is 75.1 Å². The molecule has 170 valence electrons. The van der Waals surface area contributed by atoms with E-state index in [4.69, 9.17) is 20.1 Å². The smallest absolute Gasteiger partial charge is 0.232 e. The van der Waals surface area contributed by atoms with Crippen LogP contribution in [0.25, 0.3) is 11.3 Å². The van der Waals surface area contributed by atoms with Crippen LogP contribution in [0, 0.1) is 12.3 Å². The van der Waals surface area contributed by atoms with Crippen LogP contribution < -0.4 is 4.90 Å². The molecule has 7 nitrogen and oxygen atoms in total. The molecule has 0 saturated carbocycles. The van der Waals surface area contributed by atoms with Crippen LogP contribution in [0.1, 0.15) is 25.2 Å². The molecule has 0 spiro atoms. The maximum atomic E-state index is 10.5. The molecule has 32 heavy (non-hydrogen) atoms. The van der Waals surface area contributed by atoms with E-state index in [1.165, 1.54) is 0 Å². The monoisotopic (exact) mass is 437 g/mol. The highest BCUT2D eigenvalue weighted by atomic mass is 16.5. The van der Waals surface area contributed by atoms with Crippen molar-refractivity contribution in [3.05, 3.63) is 60.1 Å². The number of nitrogens with zero attached hydrogens (tertiary/aromatic N) is 3. The van der Waals surface area contributed by atoms with E-state index >= 15 is 0 Å². The van der Waals surface area contributed by atoms with Crippen LogP contribution in [-0.4, -0.2) is 54.1 Å². The minimum absolute atomic E-state index is 0.164. The third-order valence-electron chi connectivity index (χ3n) is 5.17. The van der Waals surface area contributed by atoms with Crippen LogP contribution in [0.5, 0.6) is 0 Å². The number of rotatable bonds is 13. The third kappa shape index (κ3) is 6.24. The average molecular weight is 438 g/mol. The molecule has 0 radical (unpaired) electrons. The second kappa shape index (κ2) is 12.1. The minimum Gasteiger partial charge on any atom is -0.468 e. The molecule has 1 aromatic carbocycles. The van der Waals surface area contributed by atoms with E-state index < -0.39 is 6.10 Å².